The molecule has 0 bridgehead atoms. The second kappa shape index (κ2) is 4.98. The average Bonchev–Trinajstić information content (AvgIpc) is 2.33. The van der Waals surface area contributed by atoms with Gasteiger partial charge in [0.05, 0.1) is 0 Å². The molecule has 0 unspecified atom stereocenters. The first-order valence-corrected chi connectivity index (χ1v) is 5.94. The van der Waals surface area contributed by atoms with E-state index in [4.69, 9.17) is 16.3 Å². The lowest BCUT2D eigenvalue weighted by Crippen LogP contribution is -2.23. The summed E-state index contributed by atoms with van der Waals surface area (Å²) in [5.74, 6) is 0.345. The van der Waals surface area contributed by atoms with E-state index in [1.165, 1.54) is 0 Å². The minimum absolute atomic E-state index is 0.120. The molecule has 0 N–H and O–H groups in total. The van der Waals surface area contributed by atoms with Gasteiger partial charge in [-0.3, -0.25) is 4.79 Å². The summed E-state index contributed by atoms with van der Waals surface area (Å²) >= 11 is 5.94. The van der Waals surface area contributed by atoms with E-state index < -0.39 is 0 Å². The standard InChI is InChI=1S/C13H15ClO2/c1-9-8-11(2-3-12(9)14)13(15)10-4-6-16-7-5-10/h2-3,8,10H,4-7H2,1H3. The Balaban J connectivity index is 2.16. The first-order chi connectivity index (χ1) is 7.68. The van der Waals surface area contributed by atoms with E-state index in [2.05, 4.69) is 0 Å². The van der Waals surface area contributed by atoms with Gasteiger partial charge in [-0.05, 0) is 43.5 Å². The van der Waals surface area contributed by atoms with Crippen LogP contribution in [0, 0.1) is 12.8 Å². The van der Waals surface area contributed by atoms with E-state index >= 15 is 0 Å². The van der Waals surface area contributed by atoms with Crippen molar-refractivity contribution in [1.82, 2.24) is 0 Å². The number of Topliss-reactive ketones (excluding diaryl/α,β-unsaturated/α-hetero) is 1. The first kappa shape index (κ1) is 11.6. The third kappa shape index (κ3) is 2.45. The maximum absolute atomic E-state index is 12.2. The lowest BCUT2D eigenvalue weighted by Gasteiger charge is -2.20. The molecule has 0 atom stereocenters. The van der Waals surface area contributed by atoms with Gasteiger partial charge in [-0.1, -0.05) is 11.6 Å². The molecular weight excluding hydrogens is 224 g/mol. The average molecular weight is 239 g/mol. The summed E-state index contributed by atoms with van der Waals surface area (Å²) in [5, 5.41) is 0.712. The van der Waals surface area contributed by atoms with E-state index in [9.17, 15) is 4.79 Å². The van der Waals surface area contributed by atoms with Gasteiger partial charge in [0, 0.05) is 29.7 Å². The summed E-state index contributed by atoms with van der Waals surface area (Å²) in [6, 6.07) is 5.48. The Labute approximate surface area is 101 Å². The fourth-order valence-electron chi connectivity index (χ4n) is 1.99. The van der Waals surface area contributed by atoms with E-state index in [1.807, 2.05) is 19.1 Å². The number of ether oxygens (including phenoxy) is 1. The van der Waals surface area contributed by atoms with Crippen molar-refractivity contribution >= 4 is 17.4 Å². The molecule has 0 radical (unpaired) electrons. The zero-order chi connectivity index (χ0) is 11.5. The fourth-order valence-corrected chi connectivity index (χ4v) is 2.11. The highest BCUT2D eigenvalue weighted by Gasteiger charge is 2.22. The Hall–Kier alpha value is -0.860. The van der Waals surface area contributed by atoms with Gasteiger partial charge >= 0.3 is 0 Å². The van der Waals surface area contributed by atoms with Crippen molar-refractivity contribution in [3.63, 3.8) is 0 Å². The van der Waals surface area contributed by atoms with Crippen LogP contribution in [-0.2, 0) is 4.74 Å². The molecule has 2 nitrogen and oxygen atoms in total. The van der Waals surface area contributed by atoms with Crippen LogP contribution in [-0.4, -0.2) is 19.0 Å². The van der Waals surface area contributed by atoms with Crippen LogP contribution in [0.15, 0.2) is 18.2 Å². The maximum Gasteiger partial charge on any atom is 0.166 e. The molecule has 16 heavy (non-hydrogen) atoms. The van der Waals surface area contributed by atoms with Crippen LogP contribution in [0.1, 0.15) is 28.8 Å². The van der Waals surface area contributed by atoms with Crippen molar-refractivity contribution in [2.75, 3.05) is 13.2 Å². The Bertz CT molecular complexity index is 395. The molecule has 0 spiro atoms. The predicted molar refractivity (Wildman–Crippen MR) is 64.1 cm³/mol. The summed E-state index contributed by atoms with van der Waals surface area (Å²) < 4.78 is 5.26. The number of carbonyl (C=O) groups excluding carboxylic acids is 1. The fraction of sp³-hybridized carbons (Fsp3) is 0.462. The van der Waals surface area contributed by atoms with Crippen molar-refractivity contribution in [3.8, 4) is 0 Å². The minimum atomic E-state index is 0.120. The third-order valence-electron chi connectivity index (χ3n) is 3.03. The molecule has 1 fully saturated rings. The second-order valence-electron chi connectivity index (χ2n) is 4.21. The summed E-state index contributed by atoms with van der Waals surface area (Å²) in [5.41, 5.74) is 1.73. The molecule has 1 heterocycles. The molecular formula is C13H15ClO2. The van der Waals surface area contributed by atoms with E-state index in [-0.39, 0.29) is 11.7 Å². The van der Waals surface area contributed by atoms with E-state index in [0.29, 0.717) is 18.2 Å². The molecule has 0 saturated carbocycles. The molecule has 1 aromatic rings. The van der Waals surface area contributed by atoms with Crippen molar-refractivity contribution in [2.45, 2.75) is 19.8 Å². The summed E-state index contributed by atoms with van der Waals surface area (Å²) in [6.07, 6.45) is 1.67. The zero-order valence-electron chi connectivity index (χ0n) is 9.33. The Morgan fingerprint density at radius 3 is 2.69 bits per heavy atom. The van der Waals surface area contributed by atoms with Gasteiger partial charge in [0.1, 0.15) is 0 Å². The lowest BCUT2D eigenvalue weighted by atomic mass is 9.90. The molecule has 1 aromatic carbocycles. The maximum atomic E-state index is 12.2. The van der Waals surface area contributed by atoms with Crippen molar-refractivity contribution < 1.29 is 9.53 Å². The number of rotatable bonds is 2. The van der Waals surface area contributed by atoms with Gasteiger partial charge < -0.3 is 4.74 Å². The summed E-state index contributed by atoms with van der Waals surface area (Å²) in [7, 11) is 0. The van der Waals surface area contributed by atoms with Crippen LogP contribution < -0.4 is 0 Å². The zero-order valence-corrected chi connectivity index (χ0v) is 10.1. The van der Waals surface area contributed by atoms with Crippen molar-refractivity contribution in [1.29, 1.82) is 0 Å². The van der Waals surface area contributed by atoms with Crippen LogP contribution in [0.3, 0.4) is 0 Å². The monoisotopic (exact) mass is 238 g/mol. The Morgan fingerprint density at radius 1 is 1.38 bits per heavy atom. The number of aryl methyl sites for hydroxylation is 1. The molecule has 0 aromatic heterocycles. The highest BCUT2D eigenvalue weighted by Crippen LogP contribution is 2.23. The molecule has 0 amide bonds. The largest absolute Gasteiger partial charge is 0.381 e. The lowest BCUT2D eigenvalue weighted by molar-refractivity contribution is 0.0545. The number of benzene rings is 1. The number of carbonyl (C=O) groups is 1. The number of ketones is 1. The SMILES string of the molecule is Cc1cc(C(=O)C2CCOCC2)ccc1Cl. The van der Waals surface area contributed by atoms with Gasteiger partial charge in [0.2, 0.25) is 0 Å². The molecule has 1 saturated heterocycles. The smallest absolute Gasteiger partial charge is 0.166 e. The van der Waals surface area contributed by atoms with Crippen LogP contribution in [0.2, 0.25) is 5.02 Å². The number of hydrogen-bond donors (Lipinski definition) is 0. The quantitative estimate of drug-likeness (QED) is 0.740. The normalized spacial score (nSPS) is 17.4. The van der Waals surface area contributed by atoms with Crippen molar-refractivity contribution in [2.24, 2.45) is 5.92 Å². The minimum Gasteiger partial charge on any atom is -0.381 e. The van der Waals surface area contributed by atoms with Crippen LogP contribution in [0.4, 0.5) is 0 Å². The highest BCUT2D eigenvalue weighted by atomic mass is 35.5. The molecule has 3 heteroatoms. The first-order valence-electron chi connectivity index (χ1n) is 5.56. The predicted octanol–water partition coefficient (Wildman–Crippen LogP) is 3.26. The van der Waals surface area contributed by atoms with Gasteiger partial charge in [-0.25, -0.2) is 0 Å². The molecule has 0 aliphatic carbocycles. The number of hydrogen-bond acceptors (Lipinski definition) is 2. The van der Waals surface area contributed by atoms with E-state index in [1.54, 1.807) is 6.07 Å². The Kier molecular flexibility index (Phi) is 3.62. The summed E-state index contributed by atoms with van der Waals surface area (Å²) in [4.78, 5) is 12.2. The molecule has 86 valence electrons. The number of halogens is 1. The van der Waals surface area contributed by atoms with Gasteiger partial charge in [0.25, 0.3) is 0 Å². The molecule has 1 aliphatic heterocycles. The topological polar surface area (TPSA) is 26.3 Å². The van der Waals surface area contributed by atoms with Crippen LogP contribution in [0.5, 0.6) is 0 Å². The van der Waals surface area contributed by atoms with E-state index in [0.717, 1.165) is 24.0 Å². The summed E-state index contributed by atoms with van der Waals surface area (Å²) in [6.45, 7) is 3.31. The molecule has 2 rings (SSSR count). The highest BCUT2D eigenvalue weighted by molar-refractivity contribution is 6.31. The third-order valence-corrected chi connectivity index (χ3v) is 3.46. The van der Waals surface area contributed by atoms with Gasteiger partial charge in [0.15, 0.2) is 5.78 Å². The van der Waals surface area contributed by atoms with Crippen LogP contribution >= 0.6 is 11.6 Å². The molecule has 1 aliphatic rings. The van der Waals surface area contributed by atoms with Gasteiger partial charge in [-0.2, -0.15) is 0 Å². The second-order valence-corrected chi connectivity index (χ2v) is 4.62. The van der Waals surface area contributed by atoms with Crippen molar-refractivity contribution in [3.05, 3.63) is 34.3 Å². The Morgan fingerprint density at radius 2 is 2.06 bits per heavy atom. The van der Waals surface area contributed by atoms with Crippen LogP contribution in [0.25, 0.3) is 0 Å². The van der Waals surface area contributed by atoms with Gasteiger partial charge in [-0.15, -0.1) is 0 Å².